The molecule has 11 heavy (non-hydrogen) atoms. The molecule has 0 heterocycles. The molecule has 1 atom stereocenters. The fraction of sp³-hybridized carbons (Fsp3) is 0.889. The highest BCUT2D eigenvalue weighted by Gasteiger charge is 2.14. The molecule has 0 spiro atoms. The quantitative estimate of drug-likeness (QED) is 0.613. The Morgan fingerprint density at radius 1 is 1.27 bits per heavy atom. The highest BCUT2D eigenvalue weighted by atomic mass is 16.5. The Morgan fingerprint density at radius 2 is 1.82 bits per heavy atom. The van der Waals surface area contributed by atoms with Gasteiger partial charge in [0.05, 0.1) is 12.2 Å². The summed E-state index contributed by atoms with van der Waals surface area (Å²) in [6.45, 7) is 10.7. The molecule has 0 aliphatic rings. The minimum Gasteiger partial charge on any atom is -0.376 e. The summed E-state index contributed by atoms with van der Waals surface area (Å²) < 4.78 is 10.8. The minimum atomic E-state index is 0.113. The van der Waals surface area contributed by atoms with Gasteiger partial charge in [0.25, 0.3) is 0 Å². The molecule has 0 fully saturated rings. The maximum absolute atomic E-state index is 5.46. The topological polar surface area (TPSA) is 18.5 Å². The van der Waals surface area contributed by atoms with Gasteiger partial charge in [-0.25, -0.2) is 0 Å². The second-order valence-electron chi connectivity index (χ2n) is 2.87. The Morgan fingerprint density at radius 3 is 2.18 bits per heavy atom. The smallest absolute Gasteiger partial charge is 0.123 e. The van der Waals surface area contributed by atoms with Crippen LogP contribution in [0.2, 0.25) is 0 Å². The molecule has 67 valence electrons. The summed E-state index contributed by atoms with van der Waals surface area (Å²) in [5.74, 6) is 0. The molecule has 2 heteroatoms. The highest BCUT2D eigenvalue weighted by molar-refractivity contribution is 4.80. The van der Waals surface area contributed by atoms with Gasteiger partial charge in [-0.1, -0.05) is 0 Å². The molecule has 0 saturated carbocycles. The first kappa shape index (κ1) is 10.9. The van der Waals surface area contributed by atoms with Gasteiger partial charge in [-0.2, -0.15) is 0 Å². The lowest BCUT2D eigenvalue weighted by Crippen LogP contribution is -2.21. The van der Waals surface area contributed by atoms with Crippen molar-refractivity contribution in [3.05, 3.63) is 6.10 Å². The maximum atomic E-state index is 5.46. The van der Waals surface area contributed by atoms with E-state index in [1.54, 1.807) is 0 Å². The van der Waals surface area contributed by atoms with Crippen molar-refractivity contribution < 1.29 is 9.47 Å². The van der Waals surface area contributed by atoms with Crippen LogP contribution in [-0.2, 0) is 9.47 Å². The molecule has 0 aliphatic heterocycles. The monoisotopic (exact) mass is 159 g/mol. The Hall–Kier alpha value is -0.0800. The van der Waals surface area contributed by atoms with Crippen LogP contribution in [0.1, 0.15) is 34.6 Å². The maximum Gasteiger partial charge on any atom is 0.123 e. The summed E-state index contributed by atoms with van der Waals surface area (Å²) in [6, 6.07) is 0. The van der Waals surface area contributed by atoms with Gasteiger partial charge in [-0.3, -0.25) is 0 Å². The van der Waals surface area contributed by atoms with Gasteiger partial charge in [0.15, 0.2) is 0 Å². The van der Waals surface area contributed by atoms with E-state index in [4.69, 9.17) is 9.47 Å². The first-order chi connectivity index (χ1) is 5.07. The highest BCUT2D eigenvalue weighted by Crippen LogP contribution is 2.12. The van der Waals surface area contributed by atoms with Crippen molar-refractivity contribution in [2.45, 2.75) is 46.8 Å². The second kappa shape index (κ2) is 5.56. The van der Waals surface area contributed by atoms with Gasteiger partial charge in [0.1, 0.15) is 6.10 Å². The standard InChI is InChI=1S/C9H19O2/c1-6-10-8(4)9(5)11-7(2)3/h7-8H,6H2,1-5H3. The van der Waals surface area contributed by atoms with Crippen molar-refractivity contribution in [3.63, 3.8) is 0 Å². The molecule has 0 aromatic rings. The van der Waals surface area contributed by atoms with Crippen LogP contribution < -0.4 is 0 Å². The van der Waals surface area contributed by atoms with Crippen LogP contribution in [0.25, 0.3) is 0 Å². The molecule has 0 bridgehead atoms. The normalized spacial score (nSPS) is 14.5. The van der Waals surface area contributed by atoms with E-state index in [1.807, 2.05) is 34.6 Å². The van der Waals surface area contributed by atoms with E-state index in [0.29, 0.717) is 0 Å². The molecule has 0 saturated heterocycles. The molecule has 1 radical (unpaired) electrons. The van der Waals surface area contributed by atoms with Crippen molar-refractivity contribution in [2.24, 2.45) is 0 Å². The van der Waals surface area contributed by atoms with E-state index in [0.717, 1.165) is 12.7 Å². The van der Waals surface area contributed by atoms with Crippen LogP contribution in [0, 0.1) is 6.10 Å². The lowest BCUT2D eigenvalue weighted by Gasteiger charge is -2.21. The fourth-order valence-corrected chi connectivity index (χ4v) is 0.835. The van der Waals surface area contributed by atoms with Crippen LogP contribution in [0.3, 0.4) is 0 Å². The van der Waals surface area contributed by atoms with Crippen molar-refractivity contribution in [1.29, 1.82) is 0 Å². The van der Waals surface area contributed by atoms with Crippen LogP contribution in [0.15, 0.2) is 0 Å². The van der Waals surface area contributed by atoms with Crippen LogP contribution >= 0.6 is 0 Å². The third-order valence-electron chi connectivity index (χ3n) is 1.41. The summed E-state index contributed by atoms with van der Waals surface area (Å²) in [4.78, 5) is 0. The van der Waals surface area contributed by atoms with Crippen LogP contribution in [-0.4, -0.2) is 18.8 Å². The summed E-state index contributed by atoms with van der Waals surface area (Å²) >= 11 is 0. The van der Waals surface area contributed by atoms with Crippen molar-refractivity contribution in [3.8, 4) is 0 Å². The Kier molecular flexibility index (Phi) is 5.51. The van der Waals surface area contributed by atoms with Crippen molar-refractivity contribution in [1.82, 2.24) is 0 Å². The summed E-state index contributed by atoms with van der Waals surface area (Å²) in [5, 5.41) is 0. The van der Waals surface area contributed by atoms with Gasteiger partial charge in [-0.15, -0.1) is 0 Å². The number of hydrogen-bond acceptors (Lipinski definition) is 2. The fourth-order valence-electron chi connectivity index (χ4n) is 0.835. The zero-order valence-electron chi connectivity index (χ0n) is 8.18. The summed E-state index contributed by atoms with van der Waals surface area (Å²) in [7, 11) is 0. The van der Waals surface area contributed by atoms with E-state index in [2.05, 4.69) is 0 Å². The van der Waals surface area contributed by atoms with Crippen molar-refractivity contribution >= 4 is 0 Å². The SMILES string of the molecule is CCOC(C)[C](C)OC(C)C. The molecular weight excluding hydrogens is 140 g/mol. The molecule has 2 nitrogen and oxygen atoms in total. The van der Waals surface area contributed by atoms with E-state index >= 15 is 0 Å². The average molecular weight is 159 g/mol. The molecule has 0 rings (SSSR count). The first-order valence-electron chi connectivity index (χ1n) is 4.19. The van der Waals surface area contributed by atoms with Gasteiger partial charge < -0.3 is 9.47 Å². The predicted octanol–water partition coefficient (Wildman–Crippen LogP) is 2.39. The Balaban J connectivity index is 3.54. The molecule has 0 amide bonds. The Labute approximate surface area is 69.9 Å². The second-order valence-corrected chi connectivity index (χ2v) is 2.87. The van der Waals surface area contributed by atoms with E-state index in [1.165, 1.54) is 0 Å². The third-order valence-corrected chi connectivity index (χ3v) is 1.41. The van der Waals surface area contributed by atoms with Gasteiger partial charge in [0, 0.05) is 6.61 Å². The third kappa shape index (κ3) is 5.22. The molecule has 0 aromatic carbocycles. The van der Waals surface area contributed by atoms with Gasteiger partial charge in [-0.05, 0) is 34.6 Å². The van der Waals surface area contributed by atoms with Crippen molar-refractivity contribution in [2.75, 3.05) is 6.61 Å². The van der Waals surface area contributed by atoms with E-state index in [-0.39, 0.29) is 12.2 Å². The van der Waals surface area contributed by atoms with Crippen LogP contribution in [0.5, 0.6) is 0 Å². The van der Waals surface area contributed by atoms with Gasteiger partial charge in [0.2, 0.25) is 0 Å². The lowest BCUT2D eigenvalue weighted by molar-refractivity contribution is -0.0126. The number of rotatable bonds is 5. The number of hydrogen-bond donors (Lipinski definition) is 0. The van der Waals surface area contributed by atoms with E-state index in [9.17, 15) is 0 Å². The zero-order valence-corrected chi connectivity index (χ0v) is 8.18. The predicted molar refractivity (Wildman–Crippen MR) is 46.2 cm³/mol. The average Bonchev–Trinajstić information content (AvgIpc) is 1.86. The summed E-state index contributed by atoms with van der Waals surface area (Å²) in [5.41, 5.74) is 0. The summed E-state index contributed by atoms with van der Waals surface area (Å²) in [6.07, 6.45) is 1.32. The Bertz CT molecular complexity index is 91.6. The lowest BCUT2D eigenvalue weighted by atomic mass is 10.2. The molecule has 0 aliphatic carbocycles. The molecule has 0 aromatic heterocycles. The molecular formula is C9H19O2. The molecule has 0 N–H and O–H groups in total. The first-order valence-corrected chi connectivity index (χ1v) is 4.19. The van der Waals surface area contributed by atoms with Crippen LogP contribution in [0.4, 0.5) is 0 Å². The zero-order chi connectivity index (χ0) is 8.85. The van der Waals surface area contributed by atoms with Gasteiger partial charge >= 0.3 is 0 Å². The van der Waals surface area contributed by atoms with E-state index < -0.39 is 0 Å². The number of ether oxygens (including phenoxy) is 2. The minimum absolute atomic E-state index is 0.113. The molecule has 1 unspecified atom stereocenters. The largest absolute Gasteiger partial charge is 0.376 e.